The summed E-state index contributed by atoms with van der Waals surface area (Å²) in [6.07, 6.45) is 3.45. The number of carbonyl (C=O) groups excluding carboxylic acids is 1. The lowest BCUT2D eigenvalue weighted by Gasteiger charge is -2.27. The second-order valence-electron chi connectivity index (χ2n) is 6.05. The number of carbonyl (C=O) groups is 1. The van der Waals surface area contributed by atoms with E-state index in [4.69, 9.17) is 9.47 Å². The minimum absolute atomic E-state index is 0.00149. The zero-order valence-corrected chi connectivity index (χ0v) is 14.6. The highest BCUT2D eigenvalue weighted by Crippen LogP contribution is 2.30. The molecule has 0 aliphatic heterocycles. The zero-order chi connectivity index (χ0) is 18.2. The van der Waals surface area contributed by atoms with Crippen molar-refractivity contribution in [1.82, 2.24) is 5.32 Å². The molecule has 1 aliphatic rings. The maximum atomic E-state index is 12.4. The molecule has 0 saturated heterocycles. The molecule has 1 aromatic rings. The highest BCUT2D eigenvalue weighted by atomic mass is 19.3. The third-order valence-corrected chi connectivity index (χ3v) is 4.38. The molecule has 1 saturated carbocycles. The van der Waals surface area contributed by atoms with Gasteiger partial charge in [0.2, 0.25) is 0 Å². The third-order valence-electron chi connectivity index (χ3n) is 4.38. The first kappa shape index (κ1) is 19.4. The van der Waals surface area contributed by atoms with Crippen LogP contribution in [0.25, 0.3) is 0 Å². The number of methoxy groups -OCH3 is 1. The van der Waals surface area contributed by atoms with E-state index in [1.165, 1.54) is 13.2 Å². The first-order valence-electron chi connectivity index (χ1n) is 8.55. The van der Waals surface area contributed by atoms with E-state index >= 15 is 0 Å². The van der Waals surface area contributed by atoms with E-state index in [-0.39, 0.29) is 17.6 Å². The Morgan fingerprint density at radius 1 is 1.24 bits per heavy atom. The Morgan fingerprint density at radius 2 is 1.96 bits per heavy atom. The number of benzene rings is 1. The van der Waals surface area contributed by atoms with Crippen LogP contribution in [0.4, 0.5) is 8.78 Å². The lowest BCUT2D eigenvalue weighted by molar-refractivity contribution is -0.146. The van der Waals surface area contributed by atoms with Gasteiger partial charge in [-0.05, 0) is 50.3 Å². The van der Waals surface area contributed by atoms with Crippen molar-refractivity contribution in [3.05, 3.63) is 23.8 Å². The Bertz CT molecular complexity index is 560. The van der Waals surface area contributed by atoms with E-state index in [2.05, 4.69) is 10.1 Å². The number of rotatable bonds is 8. The van der Waals surface area contributed by atoms with E-state index in [9.17, 15) is 13.6 Å². The van der Waals surface area contributed by atoms with Crippen molar-refractivity contribution < 1.29 is 27.8 Å². The highest BCUT2D eigenvalue weighted by molar-refractivity contribution is 5.72. The number of ether oxygens (including phenoxy) is 3. The second-order valence-corrected chi connectivity index (χ2v) is 6.05. The maximum Gasteiger partial charge on any atom is 0.387 e. The quantitative estimate of drug-likeness (QED) is 0.722. The lowest BCUT2D eigenvalue weighted by atomic mass is 9.86. The van der Waals surface area contributed by atoms with Crippen molar-refractivity contribution in [3.8, 4) is 11.5 Å². The van der Waals surface area contributed by atoms with Crippen LogP contribution in [0.15, 0.2) is 18.2 Å². The van der Waals surface area contributed by atoms with Crippen LogP contribution < -0.4 is 14.8 Å². The van der Waals surface area contributed by atoms with E-state index in [1.807, 2.05) is 0 Å². The first-order valence-corrected chi connectivity index (χ1v) is 8.55. The smallest absolute Gasteiger partial charge is 0.387 e. The van der Waals surface area contributed by atoms with Gasteiger partial charge in [-0.3, -0.25) is 4.79 Å². The van der Waals surface area contributed by atoms with Crippen LogP contribution in [0.2, 0.25) is 0 Å². The Kier molecular flexibility index (Phi) is 7.43. The molecule has 0 radical (unpaired) electrons. The average molecular weight is 357 g/mol. The topological polar surface area (TPSA) is 56.8 Å². The largest absolute Gasteiger partial charge is 0.490 e. The first-order chi connectivity index (χ1) is 12.0. The summed E-state index contributed by atoms with van der Waals surface area (Å²) < 4.78 is 39.5. The normalized spacial score (nSPS) is 20.4. The summed E-state index contributed by atoms with van der Waals surface area (Å²) in [6.45, 7) is -0.124. The van der Waals surface area contributed by atoms with Gasteiger partial charge in [0.05, 0.1) is 19.6 Å². The van der Waals surface area contributed by atoms with Gasteiger partial charge in [-0.15, -0.1) is 0 Å². The van der Waals surface area contributed by atoms with Crippen molar-refractivity contribution in [2.45, 2.75) is 51.8 Å². The van der Waals surface area contributed by atoms with E-state index in [0.29, 0.717) is 24.9 Å². The number of hydrogen-bond donors (Lipinski definition) is 1. The summed E-state index contributed by atoms with van der Waals surface area (Å²) in [7, 11) is 1.42. The molecule has 0 bridgehead atoms. The monoisotopic (exact) mass is 357 g/mol. The van der Waals surface area contributed by atoms with Crippen LogP contribution in [0.5, 0.6) is 11.5 Å². The summed E-state index contributed by atoms with van der Waals surface area (Å²) in [6, 6.07) is 5.29. The van der Waals surface area contributed by atoms with Gasteiger partial charge in [0.1, 0.15) is 0 Å². The van der Waals surface area contributed by atoms with Crippen molar-refractivity contribution in [2.24, 2.45) is 5.92 Å². The van der Waals surface area contributed by atoms with Gasteiger partial charge in [-0.1, -0.05) is 6.07 Å². The SMILES string of the molecule is CCOc1cc(CNC2CCC(C(=O)OC)CC2)ccc1OC(F)F. The zero-order valence-electron chi connectivity index (χ0n) is 14.6. The molecule has 0 unspecified atom stereocenters. The van der Waals surface area contributed by atoms with Gasteiger partial charge in [0.25, 0.3) is 0 Å². The fraction of sp³-hybridized carbons (Fsp3) is 0.611. The molecule has 7 heteroatoms. The summed E-state index contributed by atoms with van der Waals surface area (Å²) in [5, 5.41) is 3.45. The summed E-state index contributed by atoms with van der Waals surface area (Å²) >= 11 is 0. The van der Waals surface area contributed by atoms with E-state index < -0.39 is 6.61 Å². The van der Waals surface area contributed by atoms with Crippen LogP contribution in [0, 0.1) is 5.92 Å². The molecule has 1 aromatic carbocycles. The molecular formula is C18H25F2NO4. The Balaban J connectivity index is 1.88. The average Bonchev–Trinajstić information content (AvgIpc) is 2.61. The van der Waals surface area contributed by atoms with Gasteiger partial charge in [0.15, 0.2) is 11.5 Å². The highest BCUT2D eigenvalue weighted by Gasteiger charge is 2.26. The summed E-state index contributed by atoms with van der Waals surface area (Å²) in [5.74, 6) is 0.225. The fourth-order valence-electron chi connectivity index (χ4n) is 3.09. The molecule has 0 heterocycles. The molecule has 0 atom stereocenters. The van der Waals surface area contributed by atoms with Crippen LogP contribution >= 0.6 is 0 Å². The Labute approximate surface area is 146 Å². The number of alkyl halides is 2. The van der Waals surface area contributed by atoms with Crippen LogP contribution in [-0.4, -0.2) is 32.3 Å². The summed E-state index contributed by atoms with van der Waals surface area (Å²) in [4.78, 5) is 11.5. The second kappa shape index (κ2) is 9.56. The van der Waals surface area contributed by atoms with Crippen molar-refractivity contribution in [2.75, 3.05) is 13.7 Å². The third kappa shape index (κ3) is 5.85. The van der Waals surface area contributed by atoms with Gasteiger partial charge >= 0.3 is 12.6 Å². The minimum Gasteiger partial charge on any atom is -0.490 e. The van der Waals surface area contributed by atoms with Gasteiger partial charge in [-0.2, -0.15) is 8.78 Å². The molecule has 5 nitrogen and oxygen atoms in total. The number of nitrogens with one attached hydrogen (secondary N) is 1. The number of halogens is 2. The van der Waals surface area contributed by atoms with Crippen molar-refractivity contribution >= 4 is 5.97 Å². The number of hydrogen-bond acceptors (Lipinski definition) is 5. The molecule has 1 aliphatic carbocycles. The molecule has 0 aromatic heterocycles. The lowest BCUT2D eigenvalue weighted by Crippen LogP contribution is -2.34. The Morgan fingerprint density at radius 3 is 2.56 bits per heavy atom. The summed E-state index contributed by atoms with van der Waals surface area (Å²) in [5.41, 5.74) is 0.931. The molecule has 2 rings (SSSR count). The van der Waals surface area contributed by atoms with E-state index in [0.717, 1.165) is 31.2 Å². The molecule has 1 fully saturated rings. The van der Waals surface area contributed by atoms with Gasteiger partial charge < -0.3 is 19.5 Å². The van der Waals surface area contributed by atoms with Crippen LogP contribution in [-0.2, 0) is 16.1 Å². The van der Waals surface area contributed by atoms with Crippen LogP contribution in [0.3, 0.4) is 0 Å². The van der Waals surface area contributed by atoms with Crippen LogP contribution in [0.1, 0.15) is 38.2 Å². The Hall–Kier alpha value is -1.89. The minimum atomic E-state index is -2.88. The van der Waals surface area contributed by atoms with Gasteiger partial charge in [0, 0.05) is 12.6 Å². The van der Waals surface area contributed by atoms with Crippen molar-refractivity contribution in [1.29, 1.82) is 0 Å². The molecule has 140 valence electrons. The van der Waals surface area contributed by atoms with Gasteiger partial charge in [-0.25, -0.2) is 0 Å². The van der Waals surface area contributed by atoms with E-state index in [1.54, 1.807) is 19.1 Å². The van der Waals surface area contributed by atoms with Crippen molar-refractivity contribution in [3.63, 3.8) is 0 Å². The standard InChI is InChI=1S/C18H25F2NO4/c1-3-24-16-10-12(4-9-15(16)25-18(19)20)11-21-14-7-5-13(6-8-14)17(22)23-2/h4,9-10,13-14,18,21H,3,5-8,11H2,1-2H3. The molecule has 25 heavy (non-hydrogen) atoms. The molecule has 0 spiro atoms. The molecular weight excluding hydrogens is 332 g/mol. The molecule has 0 amide bonds. The maximum absolute atomic E-state index is 12.4. The predicted octanol–water partition coefficient (Wildman–Crippen LogP) is 3.51. The molecule has 1 N–H and O–H groups in total. The predicted molar refractivity (Wildman–Crippen MR) is 88.8 cm³/mol. The number of esters is 1. The fourth-order valence-corrected chi connectivity index (χ4v) is 3.09.